The van der Waals surface area contributed by atoms with Gasteiger partial charge in [0.05, 0.1) is 0 Å². The molecule has 0 N–H and O–H groups in total. The fourth-order valence-electron chi connectivity index (χ4n) is 3.38. The number of rotatable bonds is 7. The van der Waals surface area contributed by atoms with E-state index in [1.54, 1.807) is 0 Å². The topological polar surface area (TPSA) is 4.93 Å². The quantitative estimate of drug-likeness (QED) is 0.445. The molecule has 0 amide bonds. The summed E-state index contributed by atoms with van der Waals surface area (Å²) in [5.74, 6) is 0. The Labute approximate surface area is 145 Å². The van der Waals surface area contributed by atoms with Crippen molar-refractivity contribution in [2.45, 2.75) is 46.1 Å². The highest BCUT2D eigenvalue weighted by molar-refractivity contribution is 5.93. The molecule has 0 saturated carbocycles. The van der Waals surface area contributed by atoms with E-state index in [9.17, 15) is 0 Å². The van der Waals surface area contributed by atoms with E-state index < -0.39 is 0 Å². The predicted octanol–water partition coefficient (Wildman–Crippen LogP) is 6.40. The van der Waals surface area contributed by atoms with Gasteiger partial charge in [0.1, 0.15) is 0 Å². The first kappa shape index (κ1) is 16.6. The molecule has 0 atom stereocenters. The van der Waals surface area contributed by atoms with Gasteiger partial charge in [-0.15, -0.1) is 0 Å². The second kappa shape index (κ2) is 7.53. The summed E-state index contributed by atoms with van der Waals surface area (Å²) in [5.41, 5.74) is 6.53. The van der Waals surface area contributed by atoms with Crippen LogP contribution < -0.4 is 0 Å². The van der Waals surface area contributed by atoms with E-state index in [2.05, 4.69) is 79.7 Å². The summed E-state index contributed by atoms with van der Waals surface area (Å²) < 4.78 is 2.41. The molecule has 0 unspecified atom stereocenters. The van der Waals surface area contributed by atoms with Crippen LogP contribution in [0.15, 0.2) is 61.3 Å². The summed E-state index contributed by atoms with van der Waals surface area (Å²) >= 11 is 0. The minimum atomic E-state index is 0.912. The van der Waals surface area contributed by atoms with Crippen LogP contribution in [-0.2, 0) is 13.0 Å². The minimum Gasteiger partial charge on any atom is -0.347 e. The van der Waals surface area contributed by atoms with Gasteiger partial charge in [-0.2, -0.15) is 0 Å². The Hall–Kier alpha value is -2.28. The van der Waals surface area contributed by atoms with Crippen molar-refractivity contribution in [3.05, 3.63) is 78.0 Å². The molecule has 0 saturated heterocycles. The summed E-state index contributed by atoms with van der Waals surface area (Å²) in [6, 6.07) is 17.3. The van der Waals surface area contributed by atoms with Crippen molar-refractivity contribution in [2.75, 3.05) is 0 Å². The van der Waals surface area contributed by atoms with Gasteiger partial charge in [-0.05, 0) is 42.5 Å². The van der Waals surface area contributed by atoms with Crippen LogP contribution in [0.1, 0.15) is 42.9 Å². The molecule has 0 bridgehead atoms. The maximum atomic E-state index is 4.41. The molecule has 1 heterocycles. The lowest BCUT2D eigenvalue weighted by Gasteiger charge is -2.08. The monoisotopic (exact) mass is 317 g/mol. The molecule has 3 aromatic rings. The standard InChI is InChI=1S/C23H27N/c1-4-5-10-15-24-17-22(21-13-8-9-14-23(21)24)19(3)16-20-12-7-6-11-18(20)2/h6-9,11-14,17H,3-5,10,15-16H2,1-2H3. The summed E-state index contributed by atoms with van der Waals surface area (Å²) in [5, 5.41) is 1.33. The molecule has 24 heavy (non-hydrogen) atoms. The van der Waals surface area contributed by atoms with Crippen LogP contribution in [0.25, 0.3) is 16.5 Å². The molecule has 0 radical (unpaired) electrons. The van der Waals surface area contributed by atoms with Crippen molar-refractivity contribution < 1.29 is 0 Å². The predicted molar refractivity (Wildman–Crippen MR) is 105 cm³/mol. The summed E-state index contributed by atoms with van der Waals surface area (Å²) in [6.45, 7) is 9.93. The highest BCUT2D eigenvalue weighted by Crippen LogP contribution is 2.29. The highest BCUT2D eigenvalue weighted by Gasteiger charge is 2.11. The normalized spacial score (nSPS) is 11.1. The summed E-state index contributed by atoms with van der Waals surface area (Å²) in [7, 11) is 0. The largest absolute Gasteiger partial charge is 0.347 e. The first-order valence-electron chi connectivity index (χ1n) is 9.01. The lowest BCUT2D eigenvalue weighted by atomic mass is 9.96. The second-order valence-electron chi connectivity index (χ2n) is 6.67. The van der Waals surface area contributed by atoms with Gasteiger partial charge in [-0.25, -0.2) is 0 Å². The molecule has 124 valence electrons. The Bertz CT molecular complexity index is 838. The van der Waals surface area contributed by atoms with E-state index in [-0.39, 0.29) is 0 Å². The molecule has 0 aliphatic rings. The zero-order valence-corrected chi connectivity index (χ0v) is 14.9. The van der Waals surface area contributed by atoms with Crippen molar-refractivity contribution in [3.63, 3.8) is 0 Å². The van der Waals surface area contributed by atoms with Crippen LogP contribution in [0.5, 0.6) is 0 Å². The van der Waals surface area contributed by atoms with Gasteiger partial charge < -0.3 is 4.57 Å². The van der Waals surface area contributed by atoms with E-state index in [1.165, 1.54) is 52.4 Å². The zero-order chi connectivity index (χ0) is 16.9. The number of para-hydroxylation sites is 1. The smallest absolute Gasteiger partial charge is 0.0486 e. The number of aromatic nitrogens is 1. The van der Waals surface area contributed by atoms with E-state index in [0.29, 0.717) is 0 Å². The minimum absolute atomic E-state index is 0.912. The Balaban J connectivity index is 1.91. The van der Waals surface area contributed by atoms with Crippen LogP contribution in [0, 0.1) is 6.92 Å². The second-order valence-corrected chi connectivity index (χ2v) is 6.67. The first-order valence-corrected chi connectivity index (χ1v) is 9.01. The number of aryl methyl sites for hydroxylation is 2. The summed E-state index contributed by atoms with van der Waals surface area (Å²) in [4.78, 5) is 0. The molecular weight excluding hydrogens is 290 g/mol. The van der Waals surface area contributed by atoms with Crippen LogP contribution >= 0.6 is 0 Å². The van der Waals surface area contributed by atoms with Gasteiger partial charge in [-0.3, -0.25) is 0 Å². The highest BCUT2D eigenvalue weighted by atomic mass is 15.0. The van der Waals surface area contributed by atoms with Crippen LogP contribution in [0.2, 0.25) is 0 Å². The molecular formula is C23H27N. The number of unbranched alkanes of at least 4 members (excludes halogenated alkanes) is 2. The van der Waals surface area contributed by atoms with Crippen molar-refractivity contribution >= 4 is 16.5 Å². The third-order valence-corrected chi connectivity index (χ3v) is 4.84. The third kappa shape index (κ3) is 3.46. The van der Waals surface area contributed by atoms with E-state index >= 15 is 0 Å². The molecule has 1 nitrogen and oxygen atoms in total. The van der Waals surface area contributed by atoms with Crippen molar-refractivity contribution in [3.8, 4) is 0 Å². The van der Waals surface area contributed by atoms with E-state index in [1.807, 2.05) is 0 Å². The van der Waals surface area contributed by atoms with Crippen LogP contribution in [0.3, 0.4) is 0 Å². The van der Waals surface area contributed by atoms with Crippen molar-refractivity contribution in [2.24, 2.45) is 0 Å². The summed E-state index contributed by atoms with van der Waals surface area (Å²) in [6.07, 6.45) is 6.99. The number of hydrogen-bond acceptors (Lipinski definition) is 0. The molecule has 3 rings (SSSR count). The Morgan fingerprint density at radius 2 is 1.75 bits per heavy atom. The van der Waals surface area contributed by atoms with Gasteiger partial charge in [0.2, 0.25) is 0 Å². The lowest BCUT2D eigenvalue weighted by Crippen LogP contribution is -1.96. The van der Waals surface area contributed by atoms with Gasteiger partial charge in [0.15, 0.2) is 0 Å². The van der Waals surface area contributed by atoms with Crippen molar-refractivity contribution in [1.82, 2.24) is 4.57 Å². The van der Waals surface area contributed by atoms with Crippen molar-refractivity contribution in [1.29, 1.82) is 0 Å². The first-order chi connectivity index (χ1) is 11.7. The molecule has 1 heteroatoms. The number of hydrogen-bond donors (Lipinski definition) is 0. The molecule has 2 aromatic carbocycles. The Morgan fingerprint density at radius 1 is 1.00 bits per heavy atom. The Kier molecular flexibility index (Phi) is 5.20. The van der Waals surface area contributed by atoms with Crippen LogP contribution in [-0.4, -0.2) is 4.57 Å². The van der Waals surface area contributed by atoms with Crippen LogP contribution in [0.4, 0.5) is 0 Å². The average molecular weight is 317 g/mol. The molecule has 0 aliphatic carbocycles. The van der Waals surface area contributed by atoms with E-state index in [4.69, 9.17) is 0 Å². The third-order valence-electron chi connectivity index (χ3n) is 4.84. The molecule has 0 aliphatic heterocycles. The number of allylic oxidation sites excluding steroid dienone is 1. The van der Waals surface area contributed by atoms with Gasteiger partial charge in [0, 0.05) is 29.2 Å². The van der Waals surface area contributed by atoms with E-state index in [0.717, 1.165) is 13.0 Å². The molecule has 0 spiro atoms. The number of nitrogens with zero attached hydrogens (tertiary/aromatic N) is 1. The van der Waals surface area contributed by atoms with Gasteiger partial charge >= 0.3 is 0 Å². The SMILES string of the molecule is C=C(Cc1ccccc1C)c1cn(CCCCC)c2ccccc12. The molecule has 1 aromatic heterocycles. The number of fused-ring (bicyclic) bond motifs is 1. The van der Waals surface area contributed by atoms with Gasteiger partial charge in [0.25, 0.3) is 0 Å². The zero-order valence-electron chi connectivity index (χ0n) is 14.9. The van der Waals surface area contributed by atoms with Gasteiger partial charge in [-0.1, -0.05) is 68.8 Å². The molecule has 0 fully saturated rings. The lowest BCUT2D eigenvalue weighted by molar-refractivity contribution is 0.616. The fraction of sp³-hybridized carbons (Fsp3) is 0.304. The average Bonchev–Trinajstić information content (AvgIpc) is 2.96. The number of benzene rings is 2. The maximum Gasteiger partial charge on any atom is 0.0486 e. The Morgan fingerprint density at radius 3 is 2.54 bits per heavy atom. The fourth-order valence-corrected chi connectivity index (χ4v) is 3.38. The maximum absolute atomic E-state index is 4.41.